The molecular formula is C32H30N6O2. The molecule has 40 heavy (non-hydrogen) atoms. The molecule has 200 valence electrons. The molecule has 1 fully saturated rings. The molecule has 2 aromatic heterocycles. The summed E-state index contributed by atoms with van der Waals surface area (Å²) in [5, 5.41) is 3.73. The zero-order chi connectivity index (χ0) is 27.5. The molecule has 3 N–H and O–H groups in total. The van der Waals surface area contributed by atoms with Crippen LogP contribution in [-0.2, 0) is 4.79 Å². The number of ether oxygens (including phenoxy) is 1. The van der Waals surface area contributed by atoms with Crippen molar-refractivity contribution in [2.45, 2.75) is 18.9 Å². The highest BCUT2D eigenvalue weighted by Gasteiger charge is 2.24. The number of benzene rings is 3. The number of amides is 1. The summed E-state index contributed by atoms with van der Waals surface area (Å²) in [4.78, 5) is 23.6. The van der Waals surface area contributed by atoms with Crippen molar-refractivity contribution >= 4 is 28.4 Å². The lowest BCUT2D eigenvalue weighted by Gasteiger charge is -2.12. The van der Waals surface area contributed by atoms with E-state index in [0.717, 1.165) is 40.2 Å². The number of likely N-dealkylation sites (N-methyl/N-ethyl adjacent to an activating group) is 1. The fourth-order valence-electron chi connectivity index (χ4n) is 4.74. The second-order valence-electron chi connectivity index (χ2n) is 9.92. The van der Waals surface area contributed by atoms with E-state index < -0.39 is 0 Å². The number of fused-ring (bicyclic) bond motifs is 1. The number of hydrogen-bond donors (Lipinski definition) is 2. The quantitative estimate of drug-likeness (QED) is 0.225. The van der Waals surface area contributed by atoms with Crippen LogP contribution in [0.2, 0.25) is 0 Å². The van der Waals surface area contributed by atoms with E-state index in [1.165, 1.54) is 19.2 Å². The maximum Gasteiger partial charge on any atom is 0.248 e. The normalized spacial score (nSPS) is 13.2. The lowest BCUT2D eigenvalue weighted by molar-refractivity contribution is -0.111. The highest BCUT2D eigenvalue weighted by atomic mass is 16.5. The Morgan fingerprint density at radius 2 is 1.82 bits per heavy atom. The third kappa shape index (κ3) is 5.57. The van der Waals surface area contributed by atoms with Gasteiger partial charge in [-0.25, -0.2) is 9.97 Å². The van der Waals surface area contributed by atoms with Crippen molar-refractivity contribution < 1.29 is 9.53 Å². The molecule has 0 bridgehead atoms. The van der Waals surface area contributed by atoms with E-state index in [1.807, 2.05) is 95.7 Å². The number of aromatic nitrogens is 3. The lowest BCUT2D eigenvalue weighted by atomic mass is 10.1. The van der Waals surface area contributed by atoms with Crippen molar-refractivity contribution in [1.82, 2.24) is 19.4 Å². The molecule has 1 saturated carbocycles. The van der Waals surface area contributed by atoms with Gasteiger partial charge in [0.05, 0.1) is 5.39 Å². The second kappa shape index (κ2) is 11.0. The average molecular weight is 531 g/mol. The molecule has 3 aromatic carbocycles. The average Bonchev–Trinajstić information content (AvgIpc) is 3.75. The Labute approximate surface area is 232 Å². The lowest BCUT2D eigenvalue weighted by Crippen LogP contribution is -2.20. The first-order valence-electron chi connectivity index (χ1n) is 13.3. The number of nitrogens with zero attached hydrogens (tertiary/aromatic N) is 4. The molecule has 0 radical (unpaired) electrons. The molecule has 0 aliphatic heterocycles. The van der Waals surface area contributed by atoms with Crippen LogP contribution in [0.4, 0.5) is 11.5 Å². The van der Waals surface area contributed by atoms with Crippen LogP contribution < -0.4 is 15.8 Å². The van der Waals surface area contributed by atoms with Crippen molar-refractivity contribution in [3.8, 4) is 28.3 Å². The van der Waals surface area contributed by atoms with Gasteiger partial charge in [-0.2, -0.15) is 0 Å². The Hall–Kier alpha value is -4.95. The van der Waals surface area contributed by atoms with Gasteiger partial charge in [-0.15, -0.1) is 0 Å². The van der Waals surface area contributed by atoms with E-state index in [0.29, 0.717) is 23.2 Å². The maximum absolute atomic E-state index is 12.5. The van der Waals surface area contributed by atoms with Gasteiger partial charge in [0.25, 0.3) is 0 Å². The van der Waals surface area contributed by atoms with Gasteiger partial charge in [0, 0.05) is 41.8 Å². The molecule has 8 heteroatoms. The fraction of sp³-hybridized carbons (Fsp3) is 0.156. The zero-order valence-electron chi connectivity index (χ0n) is 22.2. The summed E-state index contributed by atoms with van der Waals surface area (Å²) in [5.41, 5.74) is 10.4. The predicted molar refractivity (Wildman–Crippen MR) is 159 cm³/mol. The number of hydrogen-bond acceptors (Lipinski definition) is 6. The summed E-state index contributed by atoms with van der Waals surface area (Å²) < 4.78 is 7.92. The first-order valence-corrected chi connectivity index (χ1v) is 13.3. The van der Waals surface area contributed by atoms with Crippen LogP contribution in [0.15, 0.2) is 104 Å². The van der Waals surface area contributed by atoms with E-state index in [9.17, 15) is 4.79 Å². The molecule has 5 aromatic rings. The van der Waals surface area contributed by atoms with Crippen molar-refractivity contribution in [3.05, 3.63) is 104 Å². The van der Waals surface area contributed by atoms with Crippen molar-refractivity contribution in [2.24, 2.45) is 0 Å². The monoisotopic (exact) mass is 530 g/mol. The Balaban J connectivity index is 1.26. The van der Waals surface area contributed by atoms with E-state index in [2.05, 4.69) is 27.2 Å². The number of nitrogens with two attached hydrogens (primary N) is 1. The second-order valence-corrected chi connectivity index (χ2v) is 9.92. The number of nitrogen functional groups attached to an aromatic ring is 1. The Morgan fingerprint density at radius 3 is 2.60 bits per heavy atom. The van der Waals surface area contributed by atoms with Crippen molar-refractivity contribution in [2.75, 3.05) is 24.6 Å². The molecule has 0 spiro atoms. The number of nitrogens with one attached hydrogen (secondary N) is 1. The van der Waals surface area contributed by atoms with Crippen LogP contribution in [-0.4, -0.2) is 45.0 Å². The van der Waals surface area contributed by atoms with Gasteiger partial charge in [-0.3, -0.25) is 9.69 Å². The summed E-state index contributed by atoms with van der Waals surface area (Å²) in [6.07, 6.45) is 9.43. The number of rotatable bonds is 9. The largest absolute Gasteiger partial charge is 0.457 e. The van der Waals surface area contributed by atoms with E-state index in [4.69, 9.17) is 10.5 Å². The van der Waals surface area contributed by atoms with Crippen LogP contribution in [0.3, 0.4) is 0 Å². The molecule has 2 heterocycles. The van der Waals surface area contributed by atoms with Crippen molar-refractivity contribution in [1.29, 1.82) is 0 Å². The molecular weight excluding hydrogens is 500 g/mol. The van der Waals surface area contributed by atoms with Gasteiger partial charge in [0.15, 0.2) is 5.65 Å². The van der Waals surface area contributed by atoms with Crippen LogP contribution in [0.1, 0.15) is 12.8 Å². The molecule has 1 amide bonds. The maximum atomic E-state index is 12.5. The van der Waals surface area contributed by atoms with Gasteiger partial charge in [0.2, 0.25) is 5.91 Å². The Bertz CT molecular complexity index is 1670. The van der Waals surface area contributed by atoms with E-state index in [1.54, 1.807) is 6.08 Å². The smallest absolute Gasteiger partial charge is 0.248 e. The van der Waals surface area contributed by atoms with E-state index >= 15 is 0 Å². The molecule has 8 nitrogen and oxygen atoms in total. The third-order valence-corrected chi connectivity index (χ3v) is 6.98. The van der Waals surface area contributed by atoms with Crippen LogP contribution in [0, 0.1) is 0 Å². The van der Waals surface area contributed by atoms with E-state index in [-0.39, 0.29) is 5.91 Å². The zero-order valence-corrected chi connectivity index (χ0v) is 22.2. The molecule has 0 atom stereocenters. The first-order chi connectivity index (χ1) is 19.5. The molecule has 0 saturated heterocycles. The predicted octanol–water partition coefficient (Wildman–Crippen LogP) is 6.05. The summed E-state index contributed by atoms with van der Waals surface area (Å²) in [6, 6.07) is 25.8. The number of anilines is 2. The van der Waals surface area contributed by atoms with Gasteiger partial charge in [-0.1, -0.05) is 42.5 Å². The number of para-hydroxylation sites is 1. The topological polar surface area (TPSA) is 98.3 Å². The van der Waals surface area contributed by atoms with Crippen molar-refractivity contribution in [3.63, 3.8) is 0 Å². The highest BCUT2D eigenvalue weighted by Crippen LogP contribution is 2.35. The number of carbonyl (C=O) groups is 1. The van der Waals surface area contributed by atoms with Gasteiger partial charge < -0.3 is 20.4 Å². The standard InChI is InChI=1S/C32H30N6O2/c1-37(24-14-15-24)18-6-11-29(39)36-23-7-5-8-25(19-23)38-20-28(30-31(33)34-21-35-32(30)38)22-12-16-27(17-13-22)40-26-9-3-2-4-10-26/h2-13,16-17,19-21,24H,14-15,18H2,1H3,(H,36,39)(H2,33,34,35)/b11-6+. The Morgan fingerprint density at radius 1 is 1.05 bits per heavy atom. The van der Waals surface area contributed by atoms with Crippen LogP contribution in [0.25, 0.3) is 27.8 Å². The van der Waals surface area contributed by atoms with Gasteiger partial charge >= 0.3 is 0 Å². The minimum Gasteiger partial charge on any atom is -0.457 e. The molecule has 0 unspecified atom stereocenters. The summed E-state index contributed by atoms with van der Waals surface area (Å²) >= 11 is 0. The molecule has 1 aliphatic rings. The molecule has 1 aliphatic carbocycles. The molecule has 6 rings (SSSR count). The van der Waals surface area contributed by atoms with Gasteiger partial charge in [0.1, 0.15) is 23.6 Å². The summed E-state index contributed by atoms with van der Waals surface area (Å²) in [6.45, 7) is 0.761. The fourth-order valence-corrected chi connectivity index (χ4v) is 4.74. The minimum absolute atomic E-state index is 0.163. The minimum atomic E-state index is -0.163. The first kappa shape index (κ1) is 25.3. The van der Waals surface area contributed by atoms with Gasteiger partial charge in [-0.05, 0) is 67.9 Å². The highest BCUT2D eigenvalue weighted by molar-refractivity contribution is 6.02. The van der Waals surface area contributed by atoms with Crippen LogP contribution in [0.5, 0.6) is 11.5 Å². The summed E-state index contributed by atoms with van der Waals surface area (Å²) in [5.74, 6) is 1.75. The summed E-state index contributed by atoms with van der Waals surface area (Å²) in [7, 11) is 2.09. The SMILES string of the molecule is CN(C/C=C/C(=O)Nc1cccc(-n2cc(-c3ccc(Oc4ccccc4)cc3)c3c(N)ncnc32)c1)C1CC1. The third-order valence-electron chi connectivity index (χ3n) is 6.98. The Kier molecular flexibility index (Phi) is 6.99. The number of carbonyl (C=O) groups excluding carboxylic acids is 1. The van der Waals surface area contributed by atoms with Crippen LogP contribution >= 0.6 is 0 Å².